The molecule has 3 aromatic rings. The first kappa shape index (κ1) is 18.7. The highest BCUT2D eigenvalue weighted by molar-refractivity contribution is 6.30. The number of carbonyl (C=O) groups excluding carboxylic acids is 1. The number of carbonyl (C=O) groups is 1. The number of rotatable bonds is 6. The van der Waals surface area contributed by atoms with Crippen LogP contribution in [0.5, 0.6) is 5.75 Å². The zero-order valence-electron chi connectivity index (χ0n) is 15.0. The molecule has 0 bridgehead atoms. The quantitative estimate of drug-likeness (QED) is 0.670. The number of nitrogens with one attached hydrogen (secondary N) is 2. The van der Waals surface area contributed by atoms with Gasteiger partial charge in [0, 0.05) is 29.0 Å². The highest BCUT2D eigenvalue weighted by Crippen LogP contribution is 2.22. The topological polar surface area (TPSA) is 76.1 Å². The highest BCUT2D eigenvalue weighted by Gasteiger charge is 2.11. The van der Waals surface area contributed by atoms with Crippen LogP contribution in [0.4, 0.5) is 11.6 Å². The summed E-state index contributed by atoms with van der Waals surface area (Å²) in [6.45, 7) is 2.28. The van der Waals surface area contributed by atoms with Gasteiger partial charge in [-0.05, 0) is 36.8 Å². The number of aryl methyl sites for hydroxylation is 1. The van der Waals surface area contributed by atoms with Gasteiger partial charge in [-0.3, -0.25) is 4.79 Å². The van der Waals surface area contributed by atoms with E-state index in [0.717, 1.165) is 22.6 Å². The average molecular weight is 383 g/mol. The van der Waals surface area contributed by atoms with Crippen LogP contribution in [0.3, 0.4) is 0 Å². The first-order chi connectivity index (χ1) is 13.1. The van der Waals surface area contributed by atoms with Crippen LogP contribution in [-0.4, -0.2) is 23.0 Å². The van der Waals surface area contributed by atoms with Gasteiger partial charge in [-0.1, -0.05) is 35.9 Å². The number of halogens is 1. The van der Waals surface area contributed by atoms with E-state index in [2.05, 4.69) is 20.6 Å². The van der Waals surface area contributed by atoms with Crippen LogP contribution in [0.2, 0.25) is 5.02 Å². The van der Waals surface area contributed by atoms with Crippen LogP contribution in [-0.2, 0) is 6.54 Å². The lowest BCUT2D eigenvalue weighted by Crippen LogP contribution is -2.24. The Morgan fingerprint density at radius 3 is 2.81 bits per heavy atom. The van der Waals surface area contributed by atoms with Crippen LogP contribution in [0.1, 0.15) is 21.6 Å². The Hall–Kier alpha value is -3.12. The van der Waals surface area contributed by atoms with Gasteiger partial charge >= 0.3 is 0 Å². The molecule has 1 heterocycles. The fourth-order valence-corrected chi connectivity index (χ4v) is 2.68. The van der Waals surface area contributed by atoms with Gasteiger partial charge in [0.1, 0.15) is 11.4 Å². The van der Waals surface area contributed by atoms with Gasteiger partial charge in [0.05, 0.1) is 7.11 Å². The molecular weight excluding hydrogens is 364 g/mol. The predicted molar refractivity (Wildman–Crippen MR) is 106 cm³/mol. The number of hydrogen-bond donors (Lipinski definition) is 2. The summed E-state index contributed by atoms with van der Waals surface area (Å²) in [5, 5.41) is 6.54. The molecule has 0 aliphatic rings. The molecule has 3 rings (SSSR count). The summed E-state index contributed by atoms with van der Waals surface area (Å²) < 4.78 is 5.29. The molecule has 0 unspecified atom stereocenters. The van der Waals surface area contributed by atoms with E-state index in [1.165, 1.54) is 6.20 Å². The van der Waals surface area contributed by atoms with E-state index in [1.807, 2.05) is 43.3 Å². The number of methoxy groups -OCH3 is 1. The molecule has 0 aliphatic carbocycles. The molecule has 6 nitrogen and oxygen atoms in total. The van der Waals surface area contributed by atoms with Gasteiger partial charge < -0.3 is 15.4 Å². The maximum absolute atomic E-state index is 12.5. The monoisotopic (exact) mass is 382 g/mol. The Bertz CT molecular complexity index is 962. The Morgan fingerprint density at radius 1 is 1.19 bits per heavy atom. The fourth-order valence-electron chi connectivity index (χ4n) is 2.51. The van der Waals surface area contributed by atoms with Gasteiger partial charge in [-0.25, -0.2) is 9.97 Å². The summed E-state index contributed by atoms with van der Waals surface area (Å²) in [5.74, 6) is 0.749. The molecule has 0 spiro atoms. The smallest absolute Gasteiger partial charge is 0.270 e. The predicted octanol–water partition coefficient (Wildman–Crippen LogP) is 4.12. The highest BCUT2D eigenvalue weighted by atomic mass is 35.5. The van der Waals surface area contributed by atoms with Crippen LogP contribution in [0.15, 0.2) is 54.7 Å². The number of para-hydroxylation sites is 1. The maximum Gasteiger partial charge on any atom is 0.270 e. The van der Waals surface area contributed by atoms with Crippen LogP contribution in [0.25, 0.3) is 0 Å². The second-order valence-corrected chi connectivity index (χ2v) is 6.28. The third-order valence-corrected chi connectivity index (χ3v) is 4.20. The van der Waals surface area contributed by atoms with Crippen LogP contribution >= 0.6 is 11.6 Å². The third-order valence-electron chi connectivity index (χ3n) is 3.97. The first-order valence-electron chi connectivity index (χ1n) is 8.33. The number of hydrogen-bond acceptors (Lipinski definition) is 5. The minimum Gasteiger partial charge on any atom is -0.496 e. The number of amides is 1. The van der Waals surface area contributed by atoms with E-state index in [1.54, 1.807) is 19.2 Å². The Labute approximate surface area is 162 Å². The average Bonchev–Trinajstić information content (AvgIpc) is 2.69. The normalized spacial score (nSPS) is 10.3. The summed E-state index contributed by atoms with van der Waals surface area (Å²) in [7, 11) is 1.60. The first-order valence-corrected chi connectivity index (χ1v) is 8.71. The van der Waals surface area contributed by atoms with Gasteiger partial charge in [-0.2, -0.15) is 0 Å². The van der Waals surface area contributed by atoms with E-state index in [9.17, 15) is 4.79 Å². The molecular formula is C20H19ClN4O2. The van der Waals surface area contributed by atoms with Crippen LogP contribution in [0, 0.1) is 6.92 Å². The van der Waals surface area contributed by atoms with Gasteiger partial charge in [-0.15, -0.1) is 0 Å². The molecule has 1 amide bonds. The molecule has 0 aliphatic heterocycles. The Balaban J connectivity index is 1.71. The summed E-state index contributed by atoms with van der Waals surface area (Å²) in [6.07, 6.45) is 1.53. The molecule has 2 N–H and O–H groups in total. The second kappa shape index (κ2) is 8.51. The number of aromatic nitrogens is 2. The molecule has 0 saturated carbocycles. The SMILES string of the molecule is COc1ccccc1CNC(=O)c1ccnc(Nc2cc(Cl)ccc2C)n1. The van der Waals surface area contributed by atoms with E-state index < -0.39 is 0 Å². The van der Waals surface area contributed by atoms with Crippen molar-refractivity contribution in [2.45, 2.75) is 13.5 Å². The molecule has 0 fully saturated rings. The summed E-state index contributed by atoms with van der Waals surface area (Å²) in [5.41, 5.74) is 2.93. The number of anilines is 2. The van der Waals surface area contributed by atoms with E-state index in [-0.39, 0.29) is 11.6 Å². The fraction of sp³-hybridized carbons (Fsp3) is 0.150. The Morgan fingerprint density at radius 2 is 2.00 bits per heavy atom. The maximum atomic E-state index is 12.5. The van der Waals surface area contributed by atoms with Crippen molar-refractivity contribution in [3.63, 3.8) is 0 Å². The van der Waals surface area contributed by atoms with Crippen molar-refractivity contribution in [1.29, 1.82) is 0 Å². The molecule has 138 valence electrons. The number of ether oxygens (including phenoxy) is 1. The largest absolute Gasteiger partial charge is 0.496 e. The zero-order valence-corrected chi connectivity index (χ0v) is 15.7. The lowest BCUT2D eigenvalue weighted by atomic mass is 10.2. The van der Waals surface area contributed by atoms with Crippen molar-refractivity contribution in [3.05, 3.63) is 76.6 Å². The van der Waals surface area contributed by atoms with Gasteiger partial charge in [0.25, 0.3) is 5.91 Å². The zero-order chi connectivity index (χ0) is 19.2. The molecule has 0 atom stereocenters. The Kier molecular flexibility index (Phi) is 5.88. The van der Waals surface area contributed by atoms with Crippen molar-refractivity contribution >= 4 is 29.1 Å². The van der Waals surface area contributed by atoms with E-state index >= 15 is 0 Å². The molecule has 0 saturated heterocycles. The van der Waals surface area contributed by atoms with Crippen molar-refractivity contribution < 1.29 is 9.53 Å². The summed E-state index contributed by atoms with van der Waals surface area (Å²) >= 11 is 6.03. The lowest BCUT2D eigenvalue weighted by molar-refractivity contribution is 0.0945. The van der Waals surface area contributed by atoms with Crippen molar-refractivity contribution in [1.82, 2.24) is 15.3 Å². The summed E-state index contributed by atoms with van der Waals surface area (Å²) in [6, 6.07) is 14.6. The summed E-state index contributed by atoms with van der Waals surface area (Å²) in [4.78, 5) is 20.9. The molecule has 1 aromatic heterocycles. The minimum absolute atomic E-state index is 0.266. The van der Waals surface area contributed by atoms with E-state index in [0.29, 0.717) is 17.5 Å². The molecule has 7 heteroatoms. The van der Waals surface area contributed by atoms with Crippen molar-refractivity contribution in [2.75, 3.05) is 12.4 Å². The molecule has 27 heavy (non-hydrogen) atoms. The standard InChI is InChI=1S/C20H19ClN4O2/c1-13-7-8-15(21)11-17(13)25-20-22-10-9-16(24-20)19(26)23-12-14-5-3-4-6-18(14)27-2/h3-11H,12H2,1-2H3,(H,23,26)(H,22,24,25). The van der Waals surface area contributed by atoms with Crippen molar-refractivity contribution in [3.8, 4) is 5.75 Å². The second-order valence-electron chi connectivity index (χ2n) is 5.84. The van der Waals surface area contributed by atoms with Gasteiger partial charge in [0.15, 0.2) is 0 Å². The molecule has 0 radical (unpaired) electrons. The third kappa shape index (κ3) is 4.74. The number of nitrogens with zero attached hydrogens (tertiary/aromatic N) is 2. The van der Waals surface area contributed by atoms with Crippen LogP contribution < -0.4 is 15.4 Å². The van der Waals surface area contributed by atoms with Gasteiger partial charge in [0.2, 0.25) is 5.95 Å². The van der Waals surface area contributed by atoms with E-state index in [4.69, 9.17) is 16.3 Å². The van der Waals surface area contributed by atoms with Crippen molar-refractivity contribution in [2.24, 2.45) is 0 Å². The molecule has 2 aromatic carbocycles. The lowest BCUT2D eigenvalue weighted by Gasteiger charge is -2.11. The number of benzene rings is 2. The minimum atomic E-state index is -0.297.